The number of nitrogens with zero attached hydrogens (tertiary/aromatic N) is 2. The monoisotopic (exact) mass is 314 g/mol. The van der Waals surface area contributed by atoms with E-state index < -0.39 is 17.6 Å². The van der Waals surface area contributed by atoms with Crippen molar-refractivity contribution in [3.05, 3.63) is 29.8 Å². The van der Waals surface area contributed by atoms with Crippen LogP contribution in [0.3, 0.4) is 0 Å². The number of anilines is 1. The molecule has 2 atom stereocenters. The van der Waals surface area contributed by atoms with Crippen molar-refractivity contribution < 1.29 is 9.90 Å². The van der Waals surface area contributed by atoms with Gasteiger partial charge in [-0.2, -0.15) is 5.26 Å². The van der Waals surface area contributed by atoms with Crippen molar-refractivity contribution in [2.45, 2.75) is 30.9 Å². The largest absolute Gasteiger partial charge is 0.386 e. The normalized spacial score (nSPS) is 28.0. The van der Waals surface area contributed by atoms with Crippen LogP contribution in [0.5, 0.6) is 0 Å². The van der Waals surface area contributed by atoms with Crippen molar-refractivity contribution in [3.8, 4) is 6.07 Å². The number of nitrogens with one attached hydrogen (secondary N) is 1. The number of carbonyl (C=O) groups is 1. The highest BCUT2D eigenvalue weighted by atomic mass is 16.3. The van der Waals surface area contributed by atoms with Crippen molar-refractivity contribution >= 4 is 11.6 Å². The number of β-amino-alcohol motifs (C(OH)–C–C–N with tert-alkyl or cyclic N) is 1. The van der Waals surface area contributed by atoms with Crippen LogP contribution in [0.15, 0.2) is 24.3 Å². The summed E-state index contributed by atoms with van der Waals surface area (Å²) >= 11 is 0. The highest BCUT2D eigenvalue weighted by Crippen LogP contribution is 2.34. The molecular formula is C17H22N4O2. The predicted octanol–water partition coefficient (Wildman–Crippen LogP) is 0.353. The Balaban J connectivity index is 1.59. The molecule has 2 unspecified atom stereocenters. The summed E-state index contributed by atoms with van der Waals surface area (Å²) in [5.41, 5.74) is 5.99. The highest BCUT2D eigenvalue weighted by Gasteiger charge is 2.49. The van der Waals surface area contributed by atoms with E-state index in [1.54, 1.807) is 0 Å². The van der Waals surface area contributed by atoms with E-state index in [-0.39, 0.29) is 0 Å². The van der Waals surface area contributed by atoms with E-state index in [1.165, 1.54) is 0 Å². The van der Waals surface area contributed by atoms with Gasteiger partial charge in [0.25, 0.3) is 0 Å². The number of para-hydroxylation sites is 1. The zero-order chi connectivity index (χ0) is 16.4. The number of hydrogen-bond acceptors (Lipinski definition) is 5. The van der Waals surface area contributed by atoms with Crippen LogP contribution in [0.25, 0.3) is 0 Å². The molecular weight excluding hydrogens is 292 g/mol. The highest BCUT2D eigenvalue weighted by molar-refractivity contribution is 5.82. The maximum atomic E-state index is 11.3. The molecule has 0 aromatic heterocycles. The number of nitriles is 1. The van der Waals surface area contributed by atoms with Crippen molar-refractivity contribution in [2.75, 3.05) is 24.5 Å². The molecule has 122 valence electrons. The zero-order valence-electron chi connectivity index (χ0n) is 13.0. The van der Waals surface area contributed by atoms with Gasteiger partial charge in [0.05, 0.1) is 11.3 Å². The molecule has 0 radical (unpaired) electrons. The molecule has 2 heterocycles. The minimum absolute atomic E-state index is 0.370. The molecule has 1 aromatic carbocycles. The Morgan fingerprint density at radius 1 is 1.43 bits per heavy atom. The lowest BCUT2D eigenvalue weighted by Crippen LogP contribution is -2.73. The third-order valence-electron chi connectivity index (χ3n) is 5.06. The number of primary amides is 1. The van der Waals surface area contributed by atoms with E-state index >= 15 is 0 Å². The van der Waals surface area contributed by atoms with E-state index in [2.05, 4.69) is 16.3 Å². The second kappa shape index (κ2) is 6.19. The van der Waals surface area contributed by atoms with Gasteiger partial charge in [-0.05, 0) is 37.3 Å². The fraction of sp³-hybridized carbons (Fsp3) is 0.529. The van der Waals surface area contributed by atoms with E-state index in [1.807, 2.05) is 24.3 Å². The van der Waals surface area contributed by atoms with Crippen molar-refractivity contribution in [2.24, 2.45) is 11.7 Å². The summed E-state index contributed by atoms with van der Waals surface area (Å²) < 4.78 is 0. The molecule has 3 rings (SSSR count). The average Bonchev–Trinajstić information content (AvgIpc) is 2.54. The van der Waals surface area contributed by atoms with Gasteiger partial charge in [0.15, 0.2) is 0 Å². The maximum absolute atomic E-state index is 11.3. The SMILES string of the molecule is N#Cc1ccccc1N1CCC(CC2(O)CNC2C(N)=O)CC1. The molecule has 6 nitrogen and oxygen atoms in total. The van der Waals surface area contributed by atoms with E-state index in [0.29, 0.717) is 24.4 Å². The van der Waals surface area contributed by atoms with Crippen LogP contribution in [0.2, 0.25) is 0 Å². The number of carbonyl (C=O) groups excluding carboxylic acids is 1. The van der Waals surface area contributed by atoms with Gasteiger partial charge in [-0.15, -0.1) is 0 Å². The molecule has 2 fully saturated rings. The standard InChI is InChI=1S/C17H22N4O2/c18-10-13-3-1-2-4-14(13)21-7-5-12(6-8-21)9-17(23)11-20-15(17)16(19)22/h1-4,12,15,20,23H,5-9,11H2,(H2,19,22). The van der Waals surface area contributed by atoms with Crippen LogP contribution in [0.1, 0.15) is 24.8 Å². The quantitative estimate of drug-likeness (QED) is 0.744. The first-order valence-electron chi connectivity index (χ1n) is 8.02. The van der Waals surface area contributed by atoms with Crippen molar-refractivity contribution in [3.63, 3.8) is 0 Å². The zero-order valence-corrected chi connectivity index (χ0v) is 13.0. The minimum Gasteiger partial charge on any atom is -0.386 e. The number of benzene rings is 1. The van der Waals surface area contributed by atoms with Gasteiger partial charge >= 0.3 is 0 Å². The van der Waals surface area contributed by atoms with Crippen molar-refractivity contribution in [1.82, 2.24) is 5.32 Å². The van der Waals surface area contributed by atoms with Crippen LogP contribution in [0.4, 0.5) is 5.69 Å². The third-order valence-corrected chi connectivity index (χ3v) is 5.06. The number of nitrogens with two attached hydrogens (primary N) is 1. The fourth-order valence-corrected chi connectivity index (χ4v) is 3.72. The summed E-state index contributed by atoms with van der Waals surface area (Å²) in [7, 11) is 0. The molecule has 2 saturated heterocycles. The summed E-state index contributed by atoms with van der Waals surface area (Å²) in [6, 6.07) is 9.24. The van der Waals surface area contributed by atoms with E-state index in [0.717, 1.165) is 31.6 Å². The molecule has 2 aliphatic rings. The van der Waals surface area contributed by atoms with Gasteiger partial charge < -0.3 is 21.1 Å². The van der Waals surface area contributed by atoms with Gasteiger partial charge in [0.2, 0.25) is 5.91 Å². The second-order valence-corrected chi connectivity index (χ2v) is 6.58. The number of aliphatic hydroxyl groups is 1. The Morgan fingerprint density at radius 2 is 2.13 bits per heavy atom. The van der Waals surface area contributed by atoms with Gasteiger partial charge in [-0.25, -0.2) is 0 Å². The minimum atomic E-state index is -0.997. The van der Waals surface area contributed by atoms with Crippen LogP contribution in [0, 0.1) is 17.2 Å². The van der Waals surface area contributed by atoms with Gasteiger partial charge in [0, 0.05) is 19.6 Å². The second-order valence-electron chi connectivity index (χ2n) is 6.58. The Hall–Kier alpha value is -2.10. The smallest absolute Gasteiger partial charge is 0.237 e. The van der Waals surface area contributed by atoms with Gasteiger partial charge in [-0.1, -0.05) is 12.1 Å². The van der Waals surface area contributed by atoms with Crippen LogP contribution in [-0.2, 0) is 4.79 Å². The van der Waals surface area contributed by atoms with Crippen LogP contribution in [-0.4, -0.2) is 42.3 Å². The lowest BCUT2D eigenvalue weighted by molar-refractivity contribution is -0.138. The Morgan fingerprint density at radius 3 is 2.70 bits per heavy atom. The number of hydrogen-bond donors (Lipinski definition) is 3. The van der Waals surface area contributed by atoms with Crippen LogP contribution < -0.4 is 16.0 Å². The van der Waals surface area contributed by atoms with Gasteiger partial charge in [0.1, 0.15) is 17.7 Å². The molecule has 0 aliphatic carbocycles. The van der Waals surface area contributed by atoms with Gasteiger partial charge in [-0.3, -0.25) is 4.79 Å². The summed E-state index contributed by atoms with van der Waals surface area (Å²) in [4.78, 5) is 13.5. The molecule has 0 saturated carbocycles. The summed E-state index contributed by atoms with van der Waals surface area (Å²) in [6.45, 7) is 2.14. The molecule has 2 aliphatic heterocycles. The maximum Gasteiger partial charge on any atom is 0.237 e. The predicted molar refractivity (Wildman–Crippen MR) is 86.6 cm³/mol. The summed E-state index contributed by atoms with van der Waals surface area (Å²) in [5.74, 6) is -0.117. The number of amides is 1. The summed E-state index contributed by atoms with van der Waals surface area (Å²) in [5, 5.41) is 22.7. The average molecular weight is 314 g/mol. The fourth-order valence-electron chi connectivity index (χ4n) is 3.72. The lowest BCUT2D eigenvalue weighted by Gasteiger charge is -2.47. The lowest BCUT2D eigenvalue weighted by atomic mass is 9.75. The molecule has 23 heavy (non-hydrogen) atoms. The van der Waals surface area contributed by atoms with Crippen molar-refractivity contribution in [1.29, 1.82) is 5.26 Å². The first-order valence-corrected chi connectivity index (χ1v) is 8.02. The first kappa shape index (κ1) is 15.8. The van der Waals surface area contributed by atoms with E-state index in [9.17, 15) is 15.2 Å². The molecule has 0 bridgehead atoms. The van der Waals surface area contributed by atoms with E-state index in [4.69, 9.17) is 5.73 Å². The Kier molecular flexibility index (Phi) is 4.24. The first-order chi connectivity index (χ1) is 11.0. The molecule has 4 N–H and O–H groups in total. The Bertz CT molecular complexity index is 634. The third kappa shape index (κ3) is 3.03. The molecule has 1 amide bonds. The number of rotatable bonds is 4. The Labute approximate surface area is 135 Å². The molecule has 0 spiro atoms. The summed E-state index contributed by atoms with van der Waals surface area (Å²) in [6.07, 6.45) is 2.47. The topological polar surface area (TPSA) is 102 Å². The molecule has 1 aromatic rings. The van der Waals surface area contributed by atoms with Crippen LogP contribution >= 0.6 is 0 Å². The molecule has 6 heteroatoms. The number of piperidine rings is 1.